The molecule has 0 aromatic rings. The summed E-state index contributed by atoms with van der Waals surface area (Å²) in [7, 11) is 0. The van der Waals surface area contributed by atoms with Crippen molar-refractivity contribution >= 4 is 5.97 Å². The van der Waals surface area contributed by atoms with Gasteiger partial charge in [0.2, 0.25) is 0 Å². The Kier molecular flexibility index (Phi) is 2.62. The lowest BCUT2D eigenvalue weighted by atomic mass is 9.92. The Labute approximate surface area is 89.8 Å². The Morgan fingerprint density at radius 2 is 2.19 bits per heavy atom. The minimum atomic E-state index is -4.96. The summed E-state index contributed by atoms with van der Waals surface area (Å²) in [6, 6.07) is 0. The fraction of sp³-hybridized carbons (Fsp3) is 0.889. The van der Waals surface area contributed by atoms with Crippen LogP contribution in [0.3, 0.4) is 0 Å². The van der Waals surface area contributed by atoms with Gasteiger partial charge in [0.15, 0.2) is 0 Å². The Bertz CT molecular complexity index is 307. The highest BCUT2D eigenvalue weighted by Crippen LogP contribution is 2.53. The smallest absolute Gasteiger partial charge is 0.455 e. The summed E-state index contributed by atoms with van der Waals surface area (Å²) in [6.45, 7) is 1.02. The van der Waals surface area contributed by atoms with Crippen molar-refractivity contribution in [1.29, 1.82) is 0 Å². The minimum Gasteiger partial charge on any atom is -0.455 e. The number of hydrogen-bond donors (Lipinski definition) is 2. The number of aliphatic hydroxyl groups is 1. The molecular formula is C9H12F3NO3. The van der Waals surface area contributed by atoms with E-state index in [4.69, 9.17) is 0 Å². The Morgan fingerprint density at radius 1 is 1.50 bits per heavy atom. The lowest BCUT2D eigenvalue weighted by Gasteiger charge is -2.29. The van der Waals surface area contributed by atoms with Crippen LogP contribution in [0.1, 0.15) is 12.8 Å². The molecule has 3 unspecified atom stereocenters. The first-order valence-electron chi connectivity index (χ1n) is 5.03. The zero-order chi connectivity index (χ0) is 12.0. The average molecular weight is 239 g/mol. The van der Waals surface area contributed by atoms with Gasteiger partial charge in [-0.3, -0.25) is 0 Å². The van der Waals surface area contributed by atoms with Gasteiger partial charge in [-0.05, 0) is 19.4 Å². The van der Waals surface area contributed by atoms with E-state index in [9.17, 15) is 23.1 Å². The highest BCUT2D eigenvalue weighted by molar-refractivity contribution is 5.76. The maximum Gasteiger partial charge on any atom is 0.490 e. The van der Waals surface area contributed by atoms with Gasteiger partial charge in [0.05, 0.1) is 6.10 Å². The van der Waals surface area contributed by atoms with Gasteiger partial charge in [-0.15, -0.1) is 0 Å². The van der Waals surface area contributed by atoms with E-state index < -0.39 is 29.8 Å². The summed E-state index contributed by atoms with van der Waals surface area (Å²) < 4.78 is 40.1. The maximum absolute atomic E-state index is 11.9. The molecule has 92 valence electrons. The molecule has 2 N–H and O–H groups in total. The van der Waals surface area contributed by atoms with Crippen LogP contribution in [0.5, 0.6) is 0 Å². The molecule has 2 aliphatic rings. The summed E-state index contributed by atoms with van der Waals surface area (Å²) in [5, 5.41) is 12.7. The van der Waals surface area contributed by atoms with Crippen molar-refractivity contribution in [3.8, 4) is 0 Å². The van der Waals surface area contributed by atoms with Crippen LogP contribution < -0.4 is 5.32 Å². The summed E-state index contributed by atoms with van der Waals surface area (Å²) in [5.74, 6) is -2.17. The van der Waals surface area contributed by atoms with E-state index in [0.717, 1.165) is 0 Å². The molecule has 0 radical (unpaired) electrons. The standard InChI is InChI=1S/C9H12F3NO3/c10-9(11,12)7(15)16-6-3-8(6)4-13-2-1-5(8)14/h5-6,13-14H,1-4H2. The van der Waals surface area contributed by atoms with E-state index in [0.29, 0.717) is 25.9 Å². The van der Waals surface area contributed by atoms with Crippen LogP contribution in [-0.4, -0.2) is 42.5 Å². The van der Waals surface area contributed by atoms with Crippen LogP contribution in [0, 0.1) is 5.41 Å². The fourth-order valence-corrected chi connectivity index (χ4v) is 2.14. The van der Waals surface area contributed by atoms with Crippen LogP contribution in [0.25, 0.3) is 0 Å². The summed E-state index contributed by atoms with van der Waals surface area (Å²) in [4.78, 5) is 10.6. The first-order chi connectivity index (χ1) is 7.36. The molecule has 4 nitrogen and oxygen atoms in total. The molecule has 0 bridgehead atoms. The number of carbonyl (C=O) groups is 1. The van der Waals surface area contributed by atoms with Crippen molar-refractivity contribution in [2.75, 3.05) is 13.1 Å². The minimum absolute atomic E-state index is 0.295. The number of halogens is 3. The van der Waals surface area contributed by atoms with Gasteiger partial charge in [0.1, 0.15) is 6.10 Å². The molecule has 0 amide bonds. The fourth-order valence-electron chi connectivity index (χ4n) is 2.14. The van der Waals surface area contributed by atoms with Crippen molar-refractivity contribution in [2.45, 2.75) is 31.2 Å². The largest absolute Gasteiger partial charge is 0.490 e. The third-order valence-electron chi connectivity index (χ3n) is 3.24. The predicted molar refractivity (Wildman–Crippen MR) is 46.5 cm³/mol. The molecule has 1 spiro atoms. The first kappa shape index (κ1) is 11.7. The highest BCUT2D eigenvalue weighted by atomic mass is 19.4. The van der Waals surface area contributed by atoms with E-state index in [2.05, 4.69) is 10.1 Å². The SMILES string of the molecule is O=C(OC1CC12CNCCC2O)C(F)(F)F. The number of hydrogen-bond acceptors (Lipinski definition) is 4. The molecule has 2 rings (SSSR count). The van der Waals surface area contributed by atoms with Crippen LogP contribution in [-0.2, 0) is 9.53 Å². The number of alkyl halides is 3. The van der Waals surface area contributed by atoms with Crippen molar-refractivity contribution in [3.05, 3.63) is 0 Å². The number of nitrogens with one attached hydrogen (secondary N) is 1. The van der Waals surface area contributed by atoms with Crippen LogP contribution in [0.15, 0.2) is 0 Å². The van der Waals surface area contributed by atoms with Crippen LogP contribution in [0.2, 0.25) is 0 Å². The molecule has 3 atom stereocenters. The van der Waals surface area contributed by atoms with E-state index in [1.807, 2.05) is 0 Å². The van der Waals surface area contributed by atoms with Gasteiger partial charge in [-0.1, -0.05) is 0 Å². The molecule has 1 saturated carbocycles. The molecule has 1 aliphatic heterocycles. The number of carbonyl (C=O) groups excluding carboxylic acids is 1. The maximum atomic E-state index is 11.9. The van der Waals surface area contributed by atoms with Gasteiger partial charge in [-0.2, -0.15) is 13.2 Å². The van der Waals surface area contributed by atoms with E-state index in [1.54, 1.807) is 0 Å². The Hall–Kier alpha value is -0.820. The summed E-state index contributed by atoms with van der Waals surface area (Å²) >= 11 is 0. The van der Waals surface area contributed by atoms with Crippen molar-refractivity contribution in [3.63, 3.8) is 0 Å². The van der Waals surface area contributed by atoms with Crippen LogP contribution >= 0.6 is 0 Å². The summed E-state index contributed by atoms with van der Waals surface area (Å²) in [5.41, 5.74) is -0.695. The Balaban J connectivity index is 1.93. The number of aliphatic hydroxyl groups excluding tert-OH is 1. The molecule has 2 fully saturated rings. The molecule has 1 saturated heterocycles. The molecule has 16 heavy (non-hydrogen) atoms. The van der Waals surface area contributed by atoms with Gasteiger partial charge in [0.25, 0.3) is 0 Å². The van der Waals surface area contributed by atoms with E-state index in [-0.39, 0.29) is 0 Å². The normalized spacial score (nSPS) is 38.5. The van der Waals surface area contributed by atoms with E-state index >= 15 is 0 Å². The molecule has 0 aromatic carbocycles. The second-order valence-corrected chi connectivity index (χ2v) is 4.31. The molecular weight excluding hydrogens is 227 g/mol. The van der Waals surface area contributed by atoms with Crippen molar-refractivity contribution in [1.82, 2.24) is 5.32 Å². The Morgan fingerprint density at radius 3 is 2.75 bits per heavy atom. The number of piperidine rings is 1. The lowest BCUT2D eigenvalue weighted by molar-refractivity contribution is -0.202. The second-order valence-electron chi connectivity index (χ2n) is 4.31. The second kappa shape index (κ2) is 3.59. The van der Waals surface area contributed by atoms with E-state index in [1.165, 1.54) is 0 Å². The van der Waals surface area contributed by atoms with Crippen molar-refractivity contribution in [2.24, 2.45) is 5.41 Å². The zero-order valence-electron chi connectivity index (χ0n) is 8.38. The number of rotatable bonds is 1. The molecule has 7 heteroatoms. The average Bonchev–Trinajstić information content (AvgIpc) is 2.84. The van der Waals surface area contributed by atoms with Crippen molar-refractivity contribution < 1.29 is 27.8 Å². The van der Waals surface area contributed by atoms with Gasteiger partial charge in [0, 0.05) is 12.0 Å². The molecule has 1 aliphatic carbocycles. The van der Waals surface area contributed by atoms with Gasteiger partial charge in [-0.25, -0.2) is 4.79 Å². The monoisotopic (exact) mass is 239 g/mol. The first-order valence-corrected chi connectivity index (χ1v) is 5.03. The number of ether oxygens (including phenoxy) is 1. The quantitative estimate of drug-likeness (QED) is 0.642. The lowest BCUT2D eigenvalue weighted by Crippen LogP contribution is -2.44. The number of esters is 1. The topological polar surface area (TPSA) is 58.6 Å². The predicted octanol–water partition coefficient (Wildman–Crippen LogP) is 0.205. The van der Waals surface area contributed by atoms with Gasteiger partial charge >= 0.3 is 12.1 Å². The third-order valence-corrected chi connectivity index (χ3v) is 3.24. The molecule has 1 heterocycles. The molecule has 0 aromatic heterocycles. The third kappa shape index (κ3) is 1.89. The summed E-state index contributed by atoms with van der Waals surface area (Å²) in [6.07, 6.45) is -5.70. The van der Waals surface area contributed by atoms with Crippen LogP contribution in [0.4, 0.5) is 13.2 Å². The zero-order valence-corrected chi connectivity index (χ0v) is 8.38. The van der Waals surface area contributed by atoms with Gasteiger partial charge < -0.3 is 15.2 Å². The highest BCUT2D eigenvalue weighted by Gasteiger charge is 2.63.